The van der Waals surface area contributed by atoms with Gasteiger partial charge in [0.2, 0.25) is 0 Å². The second-order valence-electron chi connectivity index (χ2n) is 4.12. The highest BCUT2D eigenvalue weighted by molar-refractivity contribution is 9.10. The number of nitriles is 1. The molecule has 1 aromatic heterocycles. The molecule has 6 heteroatoms. The van der Waals surface area contributed by atoms with E-state index in [1.165, 1.54) is 7.11 Å². The molecule has 0 fully saturated rings. The normalized spacial score (nSPS) is 10.2. The van der Waals surface area contributed by atoms with Gasteiger partial charge in [-0.25, -0.2) is 0 Å². The molecule has 0 saturated carbocycles. The summed E-state index contributed by atoms with van der Waals surface area (Å²) < 4.78 is 6.03. The molecule has 102 valence electrons. The lowest BCUT2D eigenvalue weighted by atomic mass is 10.00. The van der Waals surface area contributed by atoms with Crippen LogP contribution in [-0.4, -0.2) is 12.1 Å². The Morgan fingerprint density at radius 1 is 1.45 bits per heavy atom. The average Bonchev–Trinajstić information content (AvgIpc) is 2.40. The van der Waals surface area contributed by atoms with Crippen LogP contribution in [0, 0.1) is 18.3 Å². The van der Waals surface area contributed by atoms with Crippen molar-refractivity contribution in [1.29, 1.82) is 5.26 Å². The van der Waals surface area contributed by atoms with Crippen molar-refractivity contribution < 1.29 is 4.74 Å². The Morgan fingerprint density at radius 2 is 2.15 bits per heavy atom. The van der Waals surface area contributed by atoms with Gasteiger partial charge in [-0.2, -0.15) is 5.26 Å². The molecule has 0 spiro atoms. The highest BCUT2D eigenvalue weighted by Crippen LogP contribution is 2.42. The molecule has 2 rings (SSSR count). The number of nitrogens with zero attached hydrogens (tertiary/aromatic N) is 1. The number of hydrogen-bond acceptors (Lipinski definition) is 3. The lowest BCUT2D eigenvalue weighted by Gasteiger charge is -2.14. The maximum atomic E-state index is 11.9. The van der Waals surface area contributed by atoms with Gasteiger partial charge in [-0.15, -0.1) is 0 Å². The number of rotatable bonds is 2. The summed E-state index contributed by atoms with van der Waals surface area (Å²) in [6.07, 6.45) is 0. The zero-order chi connectivity index (χ0) is 14.9. The standard InChI is InChI=1S/C14H10BrClN2O2/c1-7-5-8(9(6-17)14(19)18-7)12-11(16)4-3-10(15)13(12)20-2/h3-5H,1-2H3,(H,18,19). The van der Waals surface area contributed by atoms with Gasteiger partial charge in [-0.05, 0) is 41.1 Å². The quantitative estimate of drug-likeness (QED) is 0.896. The zero-order valence-electron chi connectivity index (χ0n) is 10.8. The molecule has 20 heavy (non-hydrogen) atoms. The molecule has 0 saturated heterocycles. The molecule has 4 nitrogen and oxygen atoms in total. The number of halogens is 2. The van der Waals surface area contributed by atoms with Crippen molar-refractivity contribution in [2.24, 2.45) is 0 Å². The summed E-state index contributed by atoms with van der Waals surface area (Å²) in [7, 11) is 1.51. The lowest BCUT2D eigenvalue weighted by Crippen LogP contribution is -2.13. The van der Waals surface area contributed by atoms with Crippen LogP contribution in [0.25, 0.3) is 11.1 Å². The molecule has 0 amide bonds. The van der Waals surface area contributed by atoms with Crippen molar-refractivity contribution in [3.05, 3.63) is 49.3 Å². The minimum Gasteiger partial charge on any atom is -0.495 e. The van der Waals surface area contributed by atoms with Crippen LogP contribution in [0.4, 0.5) is 0 Å². The molecule has 1 heterocycles. The fourth-order valence-corrected chi connectivity index (χ4v) is 2.72. The van der Waals surface area contributed by atoms with Gasteiger partial charge in [-0.1, -0.05) is 11.6 Å². The van der Waals surface area contributed by atoms with E-state index in [1.54, 1.807) is 25.1 Å². The first-order chi connectivity index (χ1) is 9.49. The lowest BCUT2D eigenvalue weighted by molar-refractivity contribution is 0.414. The average molecular weight is 354 g/mol. The number of hydrogen-bond donors (Lipinski definition) is 1. The van der Waals surface area contributed by atoms with Crippen LogP contribution in [-0.2, 0) is 0 Å². The maximum absolute atomic E-state index is 11.9. The summed E-state index contributed by atoms with van der Waals surface area (Å²) in [6.45, 7) is 1.74. The Labute approximate surface area is 129 Å². The number of nitrogens with one attached hydrogen (secondary N) is 1. The summed E-state index contributed by atoms with van der Waals surface area (Å²) in [4.78, 5) is 14.5. The first-order valence-electron chi connectivity index (χ1n) is 5.66. The number of methoxy groups -OCH3 is 1. The maximum Gasteiger partial charge on any atom is 0.266 e. The Hall–Kier alpha value is -1.77. The van der Waals surface area contributed by atoms with E-state index in [-0.39, 0.29) is 5.56 Å². The molecule has 0 aliphatic heterocycles. The van der Waals surface area contributed by atoms with Gasteiger partial charge in [0.15, 0.2) is 0 Å². The van der Waals surface area contributed by atoms with Gasteiger partial charge in [-0.3, -0.25) is 4.79 Å². The van der Waals surface area contributed by atoms with E-state index >= 15 is 0 Å². The highest BCUT2D eigenvalue weighted by atomic mass is 79.9. The van der Waals surface area contributed by atoms with Gasteiger partial charge in [0.1, 0.15) is 17.4 Å². The molecule has 1 aromatic carbocycles. The third-order valence-corrected chi connectivity index (χ3v) is 3.75. The topological polar surface area (TPSA) is 65.9 Å². The fourth-order valence-electron chi connectivity index (χ4n) is 1.98. The zero-order valence-corrected chi connectivity index (χ0v) is 13.1. The Kier molecular flexibility index (Phi) is 4.17. The number of ether oxygens (including phenoxy) is 1. The molecule has 2 aromatic rings. The van der Waals surface area contributed by atoms with Crippen LogP contribution in [0.5, 0.6) is 5.75 Å². The molecule has 0 unspecified atom stereocenters. The third-order valence-electron chi connectivity index (χ3n) is 2.81. The van der Waals surface area contributed by atoms with E-state index < -0.39 is 5.56 Å². The third kappa shape index (κ3) is 2.45. The van der Waals surface area contributed by atoms with E-state index in [0.29, 0.717) is 32.1 Å². The molecule has 1 N–H and O–H groups in total. The fraction of sp³-hybridized carbons (Fsp3) is 0.143. The van der Waals surface area contributed by atoms with E-state index in [4.69, 9.17) is 16.3 Å². The van der Waals surface area contributed by atoms with E-state index in [0.717, 1.165) is 0 Å². The Morgan fingerprint density at radius 3 is 2.75 bits per heavy atom. The van der Waals surface area contributed by atoms with Gasteiger partial charge in [0.05, 0.1) is 16.6 Å². The minimum atomic E-state index is -0.444. The predicted molar refractivity (Wildman–Crippen MR) is 81.2 cm³/mol. The van der Waals surface area contributed by atoms with Crippen molar-refractivity contribution >= 4 is 27.5 Å². The van der Waals surface area contributed by atoms with Crippen molar-refractivity contribution in [2.45, 2.75) is 6.92 Å². The monoisotopic (exact) mass is 352 g/mol. The predicted octanol–water partition coefficient (Wildman–Crippen LogP) is 3.65. The van der Waals surface area contributed by atoms with E-state index in [2.05, 4.69) is 20.9 Å². The summed E-state index contributed by atoms with van der Waals surface area (Å²) in [6, 6.07) is 7.05. The second kappa shape index (κ2) is 5.70. The van der Waals surface area contributed by atoms with E-state index in [1.807, 2.05) is 6.07 Å². The van der Waals surface area contributed by atoms with Crippen LogP contribution >= 0.6 is 27.5 Å². The second-order valence-corrected chi connectivity index (χ2v) is 5.38. The molecule has 0 aliphatic carbocycles. The molecular weight excluding hydrogens is 344 g/mol. The van der Waals surface area contributed by atoms with Crippen LogP contribution in [0.3, 0.4) is 0 Å². The van der Waals surface area contributed by atoms with Gasteiger partial charge >= 0.3 is 0 Å². The van der Waals surface area contributed by atoms with Crippen molar-refractivity contribution in [1.82, 2.24) is 4.98 Å². The van der Waals surface area contributed by atoms with Crippen molar-refractivity contribution in [2.75, 3.05) is 7.11 Å². The minimum absolute atomic E-state index is 0.00824. The number of aromatic nitrogens is 1. The van der Waals surface area contributed by atoms with Gasteiger partial charge < -0.3 is 9.72 Å². The number of aromatic amines is 1. The number of pyridine rings is 1. The van der Waals surface area contributed by atoms with Crippen LogP contribution in [0.2, 0.25) is 5.02 Å². The van der Waals surface area contributed by atoms with Crippen LogP contribution < -0.4 is 10.3 Å². The number of aryl methyl sites for hydroxylation is 1. The Balaban J connectivity index is 2.92. The molecule has 0 atom stereocenters. The summed E-state index contributed by atoms with van der Waals surface area (Å²) >= 11 is 9.60. The Bertz CT molecular complexity index is 778. The van der Waals surface area contributed by atoms with Crippen molar-refractivity contribution in [3.8, 4) is 22.9 Å². The number of benzene rings is 1. The molecular formula is C14H10BrClN2O2. The summed E-state index contributed by atoms with van der Waals surface area (Å²) in [5.41, 5.74) is 1.18. The molecule has 0 radical (unpaired) electrons. The molecule has 0 bridgehead atoms. The van der Waals surface area contributed by atoms with Gasteiger partial charge in [0, 0.05) is 16.8 Å². The first kappa shape index (κ1) is 14.6. The smallest absolute Gasteiger partial charge is 0.266 e. The summed E-state index contributed by atoms with van der Waals surface area (Å²) in [5.74, 6) is 0.485. The largest absolute Gasteiger partial charge is 0.495 e. The van der Waals surface area contributed by atoms with Crippen molar-refractivity contribution in [3.63, 3.8) is 0 Å². The highest BCUT2D eigenvalue weighted by Gasteiger charge is 2.19. The first-order valence-corrected chi connectivity index (χ1v) is 6.83. The SMILES string of the molecule is COc1c(Br)ccc(Cl)c1-c1cc(C)[nH]c(=O)c1C#N. The van der Waals surface area contributed by atoms with E-state index in [9.17, 15) is 10.1 Å². The van der Waals surface area contributed by atoms with Gasteiger partial charge in [0.25, 0.3) is 5.56 Å². The van der Waals surface area contributed by atoms with Crippen LogP contribution in [0.15, 0.2) is 27.5 Å². The molecule has 0 aliphatic rings. The summed E-state index contributed by atoms with van der Waals surface area (Å²) in [5, 5.41) is 9.62. The number of H-pyrrole nitrogens is 1. The van der Waals surface area contributed by atoms with Crippen LogP contribution in [0.1, 0.15) is 11.3 Å².